The molecule has 4 nitrogen and oxygen atoms in total. The molecule has 0 unspecified atom stereocenters. The van der Waals surface area contributed by atoms with Gasteiger partial charge in [-0.2, -0.15) is 0 Å². The first-order valence-electron chi connectivity index (χ1n) is 8.32. The minimum absolute atomic E-state index is 0. The van der Waals surface area contributed by atoms with Gasteiger partial charge in [-0.05, 0) is 25.3 Å². The highest BCUT2D eigenvalue weighted by atomic mass is 35.5. The number of nitrogens with one attached hydrogen (secondary N) is 2. The molecule has 0 radical (unpaired) electrons. The molecule has 4 rings (SSSR count). The Morgan fingerprint density at radius 1 is 1.20 bits per heavy atom. The minimum atomic E-state index is -0.146. The van der Waals surface area contributed by atoms with Gasteiger partial charge in [0.25, 0.3) is 5.91 Å². The topological polar surface area (TPSA) is 54.3 Å². The summed E-state index contributed by atoms with van der Waals surface area (Å²) in [5.74, 6) is 0.267. The van der Waals surface area contributed by atoms with Crippen molar-refractivity contribution in [2.75, 3.05) is 19.6 Å². The summed E-state index contributed by atoms with van der Waals surface area (Å²) in [5.41, 5.74) is 2.95. The van der Waals surface area contributed by atoms with Crippen LogP contribution in [0.1, 0.15) is 22.5 Å². The van der Waals surface area contributed by atoms with Gasteiger partial charge in [0, 0.05) is 29.4 Å². The number of halogens is 1. The van der Waals surface area contributed by atoms with Gasteiger partial charge in [-0.25, -0.2) is 0 Å². The van der Waals surface area contributed by atoms with Crippen molar-refractivity contribution in [1.29, 1.82) is 0 Å². The van der Waals surface area contributed by atoms with Gasteiger partial charge >= 0.3 is 0 Å². The zero-order valence-corrected chi connectivity index (χ0v) is 14.9. The lowest BCUT2D eigenvalue weighted by Gasteiger charge is -2.14. The molecule has 0 saturated heterocycles. The van der Waals surface area contributed by atoms with Gasteiger partial charge in [0.2, 0.25) is 0 Å². The van der Waals surface area contributed by atoms with Crippen molar-refractivity contribution in [1.82, 2.24) is 10.6 Å². The molecule has 2 aromatic carbocycles. The second kappa shape index (κ2) is 7.30. The molecule has 0 aliphatic carbocycles. The first-order chi connectivity index (χ1) is 11.7. The maximum Gasteiger partial charge on any atom is 0.287 e. The zero-order valence-electron chi connectivity index (χ0n) is 14.1. The van der Waals surface area contributed by atoms with E-state index in [2.05, 4.69) is 28.8 Å². The van der Waals surface area contributed by atoms with Crippen LogP contribution in [0.25, 0.3) is 21.7 Å². The fraction of sp³-hybridized carbons (Fsp3) is 0.250. The number of hydrogen-bond acceptors (Lipinski definition) is 3. The summed E-state index contributed by atoms with van der Waals surface area (Å²) in [4.78, 5) is 12.6. The number of furan rings is 1. The minimum Gasteiger partial charge on any atom is -0.450 e. The largest absolute Gasteiger partial charge is 0.450 e. The highest BCUT2D eigenvalue weighted by molar-refractivity contribution is 6.08. The molecule has 130 valence electrons. The van der Waals surface area contributed by atoms with E-state index in [-0.39, 0.29) is 18.3 Å². The summed E-state index contributed by atoms with van der Waals surface area (Å²) in [5, 5.41) is 9.42. The number of carbonyl (C=O) groups excluding carboxylic acids is 1. The quantitative estimate of drug-likeness (QED) is 0.698. The Morgan fingerprint density at radius 3 is 2.84 bits per heavy atom. The third kappa shape index (κ3) is 3.28. The lowest BCUT2D eigenvalue weighted by molar-refractivity contribution is 0.0930. The van der Waals surface area contributed by atoms with Gasteiger partial charge in [-0.15, -0.1) is 12.4 Å². The van der Waals surface area contributed by atoms with E-state index in [9.17, 15) is 4.79 Å². The predicted molar refractivity (Wildman–Crippen MR) is 104 cm³/mol. The molecular formula is C20H21ClN2O2. The smallest absolute Gasteiger partial charge is 0.287 e. The summed E-state index contributed by atoms with van der Waals surface area (Å²) >= 11 is 0. The van der Waals surface area contributed by atoms with Gasteiger partial charge in [0.15, 0.2) is 5.76 Å². The fourth-order valence-corrected chi connectivity index (χ4v) is 3.27. The fourth-order valence-electron chi connectivity index (χ4n) is 3.27. The van der Waals surface area contributed by atoms with Crippen LogP contribution in [0.3, 0.4) is 0 Å². The van der Waals surface area contributed by atoms with Gasteiger partial charge < -0.3 is 15.1 Å². The van der Waals surface area contributed by atoms with Crippen LogP contribution in [0.5, 0.6) is 0 Å². The van der Waals surface area contributed by atoms with Crippen LogP contribution in [0.4, 0.5) is 0 Å². The standard InChI is InChI=1S/C20H20N2O2.ClH/c1-13-16-7-6-15-4-2-3-5-17(15)19(16)24-18(13)20(23)22-12-14-8-10-21-11-9-14;/h2-8,21H,9-12H2,1H3,(H,22,23);1H. The molecule has 2 N–H and O–H groups in total. The van der Waals surface area contributed by atoms with Crippen LogP contribution in [-0.4, -0.2) is 25.5 Å². The second-order valence-corrected chi connectivity index (χ2v) is 6.22. The molecule has 5 heteroatoms. The van der Waals surface area contributed by atoms with Crippen molar-refractivity contribution in [2.45, 2.75) is 13.3 Å². The summed E-state index contributed by atoms with van der Waals surface area (Å²) in [6.45, 7) is 4.37. The van der Waals surface area contributed by atoms with E-state index < -0.39 is 0 Å². The molecule has 3 aromatic rings. The molecule has 0 spiro atoms. The molecule has 1 amide bonds. The maximum absolute atomic E-state index is 12.6. The van der Waals surface area contributed by atoms with E-state index in [0.29, 0.717) is 12.3 Å². The predicted octanol–water partition coefficient (Wildman–Crippen LogP) is 3.97. The molecule has 0 bridgehead atoms. The summed E-state index contributed by atoms with van der Waals surface area (Å²) < 4.78 is 5.97. The van der Waals surface area contributed by atoms with E-state index in [1.165, 1.54) is 5.57 Å². The summed E-state index contributed by atoms with van der Waals surface area (Å²) in [6, 6.07) is 12.2. The molecule has 1 aliphatic heterocycles. The van der Waals surface area contributed by atoms with E-state index in [4.69, 9.17) is 4.42 Å². The maximum atomic E-state index is 12.6. The van der Waals surface area contributed by atoms with Crippen molar-refractivity contribution in [3.63, 3.8) is 0 Å². The average molecular weight is 357 g/mol. The van der Waals surface area contributed by atoms with Gasteiger partial charge in [-0.3, -0.25) is 4.79 Å². The Morgan fingerprint density at radius 2 is 2.04 bits per heavy atom. The van der Waals surface area contributed by atoms with E-state index in [1.807, 2.05) is 31.2 Å². The van der Waals surface area contributed by atoms with Crippen LogP contribution in [0.15, 0.2) is 52.5 Å². The van der Waals surface area contributed by atoms with Crippen LogP contribution < -0.4 is 10.6 Å². The normalized spacial score (nSPS) is 14.2. The van der Waals surface area contributed by atoms with Crippen molar-refractivity contribution in [2.24, 2.45) is 0 Å². The average Bonchev–Trinajstić information content (AvgIpc) is 2.98. The van der Waals surface area contributed by atoms with E-state index in [1.54, 1.807) is 0 Å². The Labute approximate surface area is 152 Å². The number of hydrogen-bond donors (Lipinski definition) is 2. The van der Waals surface area contributed by atoms with E-state index in [0.717, 1.165) is 46.8 Å². The number of carbonyl (C=O) groups is 1. The Hall–Kier alpha value is -2.30. The Bertz CT molecular complexity index is 959. The number of benzene rings is 2. The highest BCUT2D eigenvalue weighted by Gasteiger charge is 2.19. The van der Waals surface area contributed by atoms with Crippen molar-refractivity contribution in [3.05, 3.63) is 59.4 Å². The molecule has 1 aromatic heterocycles. The zero-order chi connectivity index (χ0) is 16.5. The number of rotatable bonds is 3. The lowest BCUT2D eigenvalue weighted by Crippen LogP contribution is -2.29. The van der Waals surface area contributed by atoms with Crippen LogP contribution in [0, 0.1) is 6.92 Å². The molecule has 0 saturated carbocycles. The van der Waals surface area contributed by atoms with E-state index >= 15 is 0 Å². The summed E-state index contributed by atoms with van der Waals surface area (Å²) in [7, 11) is 0. The highest BCUT2D eigenvalue weighted by Crippen LogP contribution is 2.31. The van der Waals surface area contributed by atoms with Crippen LogP contribution in [-0.2, 0) is 0 Å². The third-order valence-corrected chi connectivity index (χ3v) is 4.67. The first kappa shape index (κ1) is 17.5. The van der Waals surface area contributed by atoms with Crippen LogP contribution in [0.2, 0.25) is 0 Å². The SMILES string of the molecule is Cc1c(C(=O)NCC2=CCNCC2)oc2c1ccc1ccccc12.Cl. The van der Waals surface area contributed by atoms with Gasteiger partial charge in [0.05, 0.1) is 0 Å². The molecular weight excluding hydrogens is 336 g/mol. The molecule has 0 fully saturated rings. The lowest BCUT2D eigenvalue weighted by atomic mass is 10.1. The Kier molecular flexibility index (Phi) is 5.11. The summed E-state index contributed by atoms with van der Waals surface area (Å²) in [6.07, 6.45) is 3.12. The van der Waals surface area contributed by atoms with Crippen LogP contribution >= 0.6 is 12.4 Å². The third-order valence-electron chi connectivity index (χ3n) is 4.67. The number of fused-ring (bicyclic) bond motifs is 3. The number of aryl methyl sites for hydroxylation is 1. The molecule has 2 heterocycles. The van der Waals surface area contributed by atoms with Crippen molar-refractivity contribution in [3.8, 4) is 0 Å². The molecule has 1 aliphatic rings. The first-order valence-corrected chi connectivity index (χ1v) is 8.32. The van der Waals surface area contributed by atoms with Crippen molar-refractivity contribution >= 4 is 40.1 Å². The Balaban J connectivity index is 0.00000182. The van der Waals surface area contributed by atoms with Crippen molar-refractivity contribution < 1.29 is 9.21 Å². The second-order valence-electron chi connectivity index (χ2n) is 6.22. The monoisotopic (exact) mass is 356 g/mol. The molecule has 25 heavy (non-hydrogen) atoms. The molecule has 0 atom stereocenters. The number of amides is 1. The van der Waals surface area contributed by atoms with Gasteiger partial charge in [0.1, 0.15) is 5.58 Å². The van der Waals surface area contributed by atoms with Gasteiger partial charge in [-0.1, -0.05) is 48.0 Å².